The van der Waals surface area contributed by atoms with Crippen molar-refractivity contribution in [3.8, 4) is 11.5 Å². The number of hydrogen-bond donors (Lipinski definition) is 0. The normalized spacial score (nSPS) is 10.5. The van der Waals surface area contributed by atoms with E-state index in [1.54, 1.807) is 12.4 Å². The summed E-state index contributed by atoms with van der Waals surface area (Å²) in [7, 11) is 3.82. The molecule has 0 aliphatic carbocycles. The first kappa shape index (κ1) is 13.1. The summed E-state index contributed by atoms with van der Waals surface area (Å²) in [5, 5.41) is 0. The summed E-state index contributed by atoms with van der Waals surface area (Å²) in [6.45, 7) is 7.39. The molecule has 0 bridgehead atoms. The fourth-order valence-electron chi connectivity index (χ4n) is 2.29. The number of anilines is 1. The molecule has 0 spiro atoms. The highest BCUT2D eigenvalue weighted by molar-refractivity contribution is 5.82. The van der Waals surface area contributed by atoms with E-state index in [0.29, 0.717) is 11.5 Å². The lowest BCUT2D eigenvalue weighted by atomic mass is 10.3. The van der Waals surface area contributed by atoms with Crippen LogP contribution in [0.15, 0.2) is 36.7 Å². The molecular weight excluding hydrogens is 264 g/mol. The smallest absolute Gasteiger partial charge is 0.294 e. The third kappa shape index (κ3) is 2.19. The third-order valence-corrected chi connectivity index (χ3v) is 3.18. The molecule has 21 heavy (non-hydrogen) atoms. The van der Waals surface area contributed by atoms with E-state index in [0.717, 1.165) is 16.9 Å². The van der Waals surface area contributed by atoms with Gasteiger partial charge in [0, 0.05) is 26.5 Å². The van der Waals surface area contributed by atoms with Crippen molar-refractivity contribution in [1.82, 2.24) is 19.5 Å². The van der Waals surface area contributed by atoms with Crippen LogP contribution in [0.3, 0.4) is 0 Å². The lowest BCUT2D eigenvalue weighted by molar-refractivity contribution is 0.848. The summed E-state index contributed by atoms with van der Waals surface area (Å²) in [4.78, 5) is 18.8. The number of para-hydroxylation sites is 2. The second-order valence-corrected chi connectivity index (χ2v) is 4.77. The van der Waals surface area contributed by atoms with Gasteiger partial charge in [-0.3, -0.25) is 9.41 Å². The molecular formula is C15H14N6. The molecule has 3 aromatic rings. The van der Waals surface area contributed by atoms with E-state index in [9.17, 15) is 0 Å². The molecule has 0 aliphatic rings. The first-order valence-corrected chi connectivity index (χ1v) is 6.49. The first-order chi connectivity index (χ1) is 10.2. The first-order valence-electron chi connectivity index (χ1n) is 6.49. The summed E-state index contributed by atoms with van der Waals surface area (Å²) >= 11 is 0. The minimum atomic E-state index is 0.208. The Hall–Kier alpha value is -2.94. The van der Waals surface area contributed by atoms with Gasteiger partial charge in [-0.2, -0.15) is 0 Å². The predicted molar refractivity (Wildman–Crippen MR) is 81.7 cm³/mol. The minimum absolute atomic E-state index is 0.208. The van der Waals surface area contributed by atoms with Crippen molar-refractivity contribution in [3.05, 3.63) is 48.1 Å². The van der Waals surface area contributed by atoms with Crippen LogP contribution in [0, 0.1) is 6.57 Å². The summed E-state index contributed by atoms with van der Waals surface area (Å²) in [5.41, 5.74) is 2.47. The lowest BCUT2D eigenvalue weighted by Gasteiger charge is -2.14. The zero-order valence-electron chi connectivity index (χ0n) is 11.9. The third-order valence-electron chi connectivity index (χ3n) is 3.18. The van der Waals surface area contributed by atoms with E-state index in [1.807, 2.05) is 47.8 Å². The number of hydrogen-bond acceptors (Lipinski definition) is 4. The van der Waals surface area contributed by atoms with Crippen LogP contribution in [0.5, 0.6) is 0 Å². The zero-order chi connectivity index (χ0) is 14.8. The van der Waals surface area contributed by atoms with Gasteiger partial charge >= 0.3 is 0 Å². The number of benzene rings is 1. The molecule has 3 rings (SSSR count). The summed E-state index contributed by atoms with van der Waals surface area (Å²) in [6.07, 6.45) is 3.30. The standard InChI is InChI=1S/C15H14N6/c1-16-10-21-12-7-5-4-6-11(12)19-15(21)13-14(20(2)3)18-9-8-17-13/h4-9H,10H2,2-3H3. The average Bonchev–Trinajstić information content (AvgIpc) is 2.86. The minimum Gasteiger partial charge on any atom is -0.361 e. The van der Waals surface area contributed by atoms with Gasteiger partial charge in [0.15, 0.2) is 11.6 Å². The maximum Gasteiger partial charge on any atom is 0.294 e. The van der Waals surface area contributed by atoms with Gasteiger partial charge in [0.05, 0.1) is 11.0 Å². The quantitative estimate of drug-likeness (QED) is 0.690. The zero-order valence-corrected chi connectivity index (χ0v) is 11.9. The maximum atomic E-state index is 7.18. The van der Waals surface area contributed by atoms with Gasteiger partial charge in [-0.15, -0.1) is 0 Å². The van der Waals surface area contributed by atoms with Crippen molar-refractivity contribution in [2.24, 2.45) is 0 Å². The Kier molecular flexibility index (Phi) is 3.24. The Balaban J connectivity index is 2.30. The van der Waals surface area contributed by atoms with Crippen molar-refractivity contribution in [3.63, 3.8) is 0 Å². The molecule has 0 radical (unpaired) electrons. The van der Waals surface area contributed by atoms with Gasteiger partial charge in [0.25, 0.3) is 6.67 Å². The largest absolute Gasteiger partial charge is 0.361 e. The van der Waals surface area contributed by atoms with Gasteiger partial charge in [-0.1, -0.05) is 12.1 Å². The molecule has 0 unspecified atom stereocenters. The molecule has 0 aliphatic heterocycles. The molecule has 0 amide bonds. The van der Waals surface area contributed by atoms with Gasteiger partial charge in [0.1, 0.15) is 5.69 Å². The molecule has 0 saturated carbocycles. The van der Waals surface area contributed by atoms with Crippen LogP contribution in [0.1, 0.15) is 0 Å². The monoisotopic (exact) mass is 278 g/mol. The maximum absolute atomic E-state index is 7.18. The van der Waals surface area contributed by atoms with Gasteiger partial charge in [-0.05, 0) is 12.1 Å². The van der Waals surface area contributed by atoms with Crippen molar-refractivity contribution < 1.29 is 0 Å². The molecule has 0 atom stereocenters. The van der Waals surface area contributed by atoms with E-state index >= 15 is 0 Å². The van der Waals surface area contributed by atoms with Crippen LogP contribution in [0.4, 0.5) is 5.82 Å². The van der Waals surface area contributed by atoms with Crippen molar-refractivity contribution >= 4 is 16.9 Å². The molecule has 0 N–H and O–H groups in total. The molecule has 1 aromatic carbocycles. The highest BCUT2D eigenvalue weighted by Gasteiger charge is 2.19. The summed E-state index contributed by atoms with van der Waals surface area (Å²) < 4.78 is 1.87. The second-order valence-electron chi connectivity index (χ2n) is 4.77. The van der Waals surface area contributed by atoms with Crippen LogP contribution in [-0.4, -0.2) is 33.6 Å². The van der Waals surface area contributed by atoms with Gasteiger partial charge < -0.3 is 4.90 Å². The van der Waals surface area contributed by atoms with Crippen LogP contribution >= 0.6 is 0 Å². The highest BCUT2D eigenvalue weighted by atomic mass is 15.2. The van der Waals surface area contributed by atoms with Crippen LogP contribution in [0.25, 0.3) is 27.4 Å². The summed E-state index contributed by atoms with van der Waals surface area (Å²) in [5.74, 6) is 1.41. The molecule has 6 nitrogen and oxygen atoms in total. The molecule has 2 heterocycles. The number of aromatic nitrogens is 4. The van der Waals surface area contributed by atoms with Crippen molar-refractivity contribution in [2.45, 2.75) is 6.67 Å². The van der Waals surface area contributed by atoms with Crippen LogP contribution < -0.4 is 4.90 Å². The Morgan fingerprint density at radius 1 is 1.19 bits per heavy atom. The fraction of sp³-hybridized carbons (Fsp3) is 0.200. The SMILES string of the molecule is [C-]#[N+]Cn1c(-c2nccnc2N(C)C)nc2ccccc21. The molecule has 104 valence electrons. The Labute approximate surface area is 122 Å². The molecule has 0 fully saturated rings. The second kappa shape index (κ2) is 5.21. The number of imidazole rings is 1. The Morgan fingerprint density at radius 3 is 2.71 bits per heavy atom. The van der Waals surface area contributed by atoms with E-state index < -0.39 is 0 Å². The summed E-state index contributed by atoms with van der Waals surface area (Å²) in [6, 6.07) is 7.77. The van der Waals surface area contributed by atoms with E-state index in [1.165, 1.54) is 0 Å². The van der Waals surface area contributed by atoms with Crippen molar-refractivity contribution in [2.75, 3.05) is 19.0 Å². The Morgan fingerprint density at radius 2 is 1.95 bits per heavy atom. The molecule has 6 heteroatoms. The number of nitrogens with zero attached hydrogens (tertiary/aromatic N) is 6. The van der Waals surface area contributed by atoms with Crippen LogP contribution in [-0.2, 0) is 6.67 Å². The van der Waals surface area contributed by atoms with Crippen LogP contribution in [0.2, 0.25) is 0 Å². The number of rotatable bonds is 3. The highest BCUT2D eigenvalue weighted by Crippen LogP contribution is 2.28. The molecule has 2 aromatic heterocycles. The fourth-order valence-corrected chi connectivity index (χ4v) is 2.29. The van der Waals surface area contributed by atoms with E-state index in [-0.39, 0.29) is 6.67 Å². The topological polar surface area (TPSA) is 51.2 Å². The van der Waals surface area contributed by atoms with E-state index in [2.05, 4.69) is 19.8 Å². The molecule has 0 saturated heterocycles. The number of fused-ring (bicyclic) bond motifs is 1. The van der Waals surface area contributed by atoms with Gasteiger partial charge in [-0.25, -0.2) is 21.5 Å². The predicted octanol–water partition coefficient (Wildman–Crippen LogP) is 2.44. The Bertz CT molecular complexity index is 828. The van der Waals surface area contributed by atoms with Gasteiger partial charge in [0.2, 0.25) is 0 Å². The van der Waals surface area contributed by atoms with Crippen molar-refractivity contribution in [1.29, 1.82) is 0 Å². The van der Waals surface area contributed by atoms with E-state index in [4.69, 9.17) is 6.57 Å². The lowest BCUT2D eigenvalue weighted by Crippen LogP contribution is -2.13. The average molecular weight is 278 g/mol.